The number of ether oxygens (including phenoxy) is 1. The fourth-order valence-corrected chi connectivity index (χ4v) is 2.78. The highest BCUT2D eigenvalue weighted by Gasteiger charge is 2.28. The minimum atomic E-state index is -0.181. The quantitative estimate of drug-likeness (QED) is 0.718. The molecule has 1 heterocycles. The molecule has 0 amide bonds. The van der Waals surface area contributed by atoms with Crippen LogP contribution in [0.1, 0.15) is 33.1 Å². The molecule has 0 aromatic carbocycles. The van der Waals surface area contributed by atoms with Gasteiger partial charge in [-0.15, -0.1) is 0 Å². The Labute approximate surface area is 109 Å². The Morgan fingerprint density at radius 3 is 2.83 bits per heavy atom. The zero-order chi connectivity index (χ0) is 13.1. The summed E-state index contributed by atoms with van der Waals surface area (Å²) in [6.45, 7) is 5.15. The van der Waals surface area contributed by atoms with Crippen LogP contribution in [0.25, 0.3) is 0 Å². The maximum absolute atomic E-state index is 11.6. The molecule has 0 bridgehead atoms. The van der Waals surface area contributed by atoms with Crippen molar-refractivity contribution in [2.45, 2.75) is 39.2 Å². The Morgan fingerprint density at radius 2 is 2.22 bits per heavy atom. The molecule has 2 rings (SSSR count). The normalized spacial score (nSPS) is 21.1. The highest BCUT2D eigenvalue weighted by molar-refractivity contribution is 5.89. The summed E-state index contributed by atoms with van der Waals surface area (Å²) in [5.41, 5.74) is 3.35. The van der Waals surface area contributed by atoms with E-state index in [4.69, 9.17) is 4.74 Å². The van der Waals surface area contributed by atoms with Gasteiger partial charge in [-0.2, -0.15) is 0 Å². The number of rotatable bonds is 3. The third-order valence-electron chi connectivity index (χ3n) is 3.95. The van der Waals surface area contributed by atoms with E-state index in [-0.39, 0.29) is 5.97 Å². The summed E-state index contributed by atoms with van der Waals surface area (Å²) < 4.78 is 4.83. The van der Waals surface area contributed by atoms with E-state index >= 15 is 0 Å². The number of hydrogen-bond donors (Lipinski definition) is 0. The van der Waals surface area contributed by atoms with Gasteiger partial charge in [0.25, 0.3) is 0 Å². The van der Waals surface area contributed by atoms with E-state index in [9.17, 15) is 4.79 Å². The number of methoxy groups -OCH3 is 1. The van der Waals surface area contributed by atoms with Crippen molar-refractivity contribution in [3.05, 3.63) is 35.1 Å². The van der Waals surface area contributed by atoms with Crippen LogP contribution in [0.5, 0.6) is 0 Å². The molecule has 0 fully saturated rings. The molecule has 0 aromatic heterocycles. The number of esters is 1. The second kappa shape index (κ2) is 5.42. The molecule has 1 aliphatic heterocycles. The molecule has 0 saturated carbocycles. The topological polar surface area (TPSA) is 29.5 Å². The maximum atomic E-state index is 11.6. The van der Waals surface area contributed by atoms with E-state index in [0.29, 0.717) is 6.04 Å². The van der Waals surface area contributed by atoms with Crippen LogP contribution in [-0.4, -0.2) is 30.6 Å². The van der Waals surface area contributed by atoms with Crippen LogP contribution in [-0.2, 0) is 9.53 Å². The molecule has 0 saturated heterocycles. The van der Waals surface area contributed by atoms with Crippen molar-refractivity contribution in [1.29, 1.82) is 0 Å². The Bertz CT molecular complexity index is 432. The molecule has 98 valence electrons. The largest absolute Gasteiger partial charge is 0.466 e. The van der Waals surface area contributed by atoms with Crippen molar-refractivity contribution in [3.63, 3.8) is 0 Å². The molecule has 0 aromatic rings. The van der Waals surface area contributed by atoms with Crippen LogP contribution in [0.3, 0.4) is 0 Å². The number of carbonyl (C=O) groups excluding carboxylic acids is 1. The van der Waals surface area contributed by atoms with Crippen molar-refractivity contribution in [1.82, 2.24) is 4.90 Å². The fourth-order valence-electron chi connectivity index (χ4n) is 2.78. The first-order chi connectivity index (χ1) is 8.65. The summed E-state index contributed by atoms with van der Waals surface area (Å²) in [6.07, 6.45) is 9.57. The molecular formula is C15H21NO2. The molecule has 1 aliphatic carbocycles. The zero-order valence-electron chi connectivity index (χ0n) is 11.4. The average molecular weight is 247 g/mol. The number of allylic oxidation sites excluding steroid dienone is 4. The first-order valence-electron chi connectivity index (χ1n) is 6.55. The highest BCUT2D eigenvalue weighted by Crippen LogP contribution is 2.30. The lowest BCUT2D eigenvalue weighted by Crippen LogP contribution is -2.31. The van der Waals surface area contributed by atoms with Crippen molar-refractivity contribution >= 4 is 5.97 Å². The van der Waals surface area contributed by atoms with Crippen LogP contribution in [0.2, 0.25) is 0 Å². The summed E-state index contributed by atoms with van der Waals surface area (Å²) in [5.74, 6) is -0.181. The predicted octanol–water partition coefficient (Wildman–Crippen LogP) is 2.80. The van der Waals surface area contributed by atoms with E-state index < -0.39 is 0 Å². The van der Waals surface area contributed by atoms with Gasteiger partial charge in [-0.3, -0.25) is 0 Å². The van der Waals surface area contributed by atoms with E-state index in [1.807, 2.05) is 6.92 Å². The minimum absolute atomic E-state index is 0.181. The van der Waals surface area contributed by atoms with E-state index in [2.05, 4.69) is 30.1 Å². The molecule has 1 atom stereocenters. The molecule has 2 aliphatic rings. The zero-order valence-corrected chi connectivity index (χ0v) is 11.4. The lowest BCUT2D eigenvalue weighted by atomic mass is 9.98. The molecule has 3 heteroatoms. The van der Waals surface area contributed by atoms with Gasteiger partial charge in [0.2, 0.25) is 0 Å². The summed E-state index contributed by atoms with van der Waals surface area (Å²) >= 11 is 0. The molecule has 18 heavy (non-hydrogen) atoms. The van der Waals surface area contributed by atoms with Gasteiger partial charge in [-0.1, -0.05) is 18.2 Å². The number of nitrogens with zero attached hydrogens (tertiary/aromatic N) is 1. The second-order valence-corrected chi connectivity index (χ2v) is 4.88. The lowest BCUT2D eigenvalue weighted by molar-refractivity contribution is -0.136. The summed E-state index contributed by atoms with van der Waals surface area (Å²) in [4.78, 5) is 14.0. The summed E-state index contributed by atoms with van der Waals surface area (Å²) in [6, 6.07) is 0.372. The van der Waals surface area contributed by atoms with Gasteiger partial charge in [0.05, 0.1) is 12.7 Å². The Hall–Kier alpha value is -1.51. The van der Waals surface area contributed by atoms with Crippen LogP contribution in [0.15, 0.2) is 35.1 Å². The van der Waals surface area contributed by atoms with Crippen LogP contribution < -0.4 is 0 Å². The predicted molar refractivity (Wildman–Crippen MR) is 72.0 cm³/mol. The molecule has 0 radical (unpaired) electrons. The summed E-state index contributed by atoms with van der Waals surface area (Å²) in [5, 5.41) is 0. The van der Waals surface area contributed by atoms with Crippen molar-refractivity contribution in [2.24, 2.45) is 0 Å². The van der Waals surface area contributed by atoms with Crippen molar-refractivity contribution < 1.29 is 9.53 Å². The third-order valence-corrected chi connectivity index (χ3v) is 3.95. The lowest BCUT2D eigenvalue weighted by Gasteiger charge is -2.30. The highest BCUT2D eigenvalue weighted by atomic mass is 16.5. The minimum Gasteiger partial charge on any atom is -0.466 e. The molecule has 0 unspecified atom stereocenters. The van der Waals surface area contributed by atoms with E-state index in [1.165, 1.54) is 12.7 Å². The molecule has 3 nitrogen and oxygen atoms in total. The third kappa shape index (κ3) is 2.35. The fraction of sp³-hybridized carbons (Fsp3) is 0.533. The molecule has 0 spiro atoms. The van der Waals surface area contributed by atoms with Crippen LogP contribution in [0, 0.1) is 0 Å². The molecular weight excluding hydrogens is 226 g/mol. The Balaban J connectivity index is 2.15. The standard InChI is InChI=1S/C15H21NO2/c1-11(13-7-5-4-6-8-13)16-10-9-14(12(16)2)15(17)18-3/h4-5,7,11H,6,8-10H2,1-3H3/t11-/m0/s1. The SMILES string of the molecule is COC(=O)C1=C(C)N([C@@H](C)C2=CC=CCC2)CC1. The van der Waals surface area contributed by atoms with Gasteiger partial charge in [0, 0.05) is 18.3 Å². The molecule has 0 N–H and O–H groups in total. The van der Waals surface area contributed by atoms with E-state index in [0.717, 1.165) is 37.1 Å². The number of carbonyl (C=O) groups is 1. The Morgan fingerprint density at radius 1 is 1.44 bits per heavy atom. The second-order valence-electron chi connectivity index (χ2n) is 4.88. The van der Waals surface area contributed by atoms with Gasteiger partial charge >= 0.3 is 5.97 Å². The first kappa shape index (κ1) is 12.9. The van der Waals surface area contributed by atoms with Crippen molar-refractivity contribution in [2.75, 3.05) is 13.7 Å². The van der Waals surface area contributed by atoms with Crippen LogP contribution in [0.4, 0.5) is 0 Å². The first-order valence-corrected chi connectivity index (χ1v) is 6.55. The van der Waals surface area contributed by atoms with Gasteiger partial charge in [0.1, 0.15) is 0 Å². The summed E-state index contributed by atoms with van der Waals surface area (Å²) in [7, 11) is 1.45. The van der Waals surface area contributed by atoms with Crippen molar-refractivity contribution in [3.8, 4) is 0 Å². The number of hydrogen-bond acceptors (Lipinski definition) is 3. The van der Waals surface area contributed by atoms with Gasteiger partial charge in [0.15, 0.2) is 0 Å². The van der Waals surface area contributed by atoms with Gasteiger partial charge < -0.3 is 9.64 Å². The average Bonchev–Trinajstić information content (AvgIpc) is 2.80. The monoisotopic (exact) mass is 247 g/mol. The van der Waals surface area contributed by atoms with Gasteiger partial charge in [-0.05, 0) is 38.7 Å². The van der Waals surface area contributed by atoms with E-state index in [1.54, 1.807) is 0 Å². The van der Waals surface area contributed by atoms with Crippen LogP contribution >= 0.6 is 0 Å². The smallest absolute Gasteiger partial charge is 0.335 e. The van der Waals surface area contributed by atoms with Gasteiger partial charge in [-0.25, -0.2) is 4.79 Å². The maximum Gasteiger partial charge on any atom is 0.335 e. The Kier molecular flexibility index (Phi) is 3.90.